The van der Waals surface area contributed by atoms with E-state index in [1.165, 1.54) is 6.07 Å². The first kappa shape index (κ1) is 31.0. The first-order valence-corrected chi connectivity index (χ1v) is 14.7. The minimum Gasteiger partial charge on any atom is -0.456 e. The molecule has 232 valence electrons. The van der Waals surface area contributed by atoms with E-state index in [0.29, 0.717) is 60.9 Å². The van der Waals surface area contributed by atoms with Crippen molar-refractivity contribution in [3.05, 3.63) is 163 Å². The van der Waals surface area contributed by atoms with Crippen molar-refractivity contribution in [2.75, 3.05) is 0 Å². The molecule has 1 heterocycles. The van der Waals surface area contributed by atoms with E-state index < -0.39 is 11.7 Å². The number of fused-ring (bicyclic) bond motifs is 5. The quantitative estimate of drug-likeness (QED) is 0.140. The van der Waals surface area contributed by atoms with Crippen LogP contribution in [0.2, 0.25) is 0 Å². The minimum absolute atomic E-state index is 0.0323. The third-order valence-corrected chi connectivity index (χ3v) is 8.75. The molecule has 5 aromatic rings. The number of hydrogen-bond acceptors (Lipinski definition) is 4. The van der Waals surface area contributed by atoms with Crippen LogP contribution >= 0.6 is 0 Å². The number of aryl methyl sites for hydroxylation is 1. The first-order valence-electron chi connectivity index (χ1n) is 14.7. The summed E-state index contributed by atoms with van der Waals surface area (Å²) in [7, 11) is 0. The van der Waals surface area contributed by atoms with Crippen molar-refractivity contribution in [3.8, 4) is 18.2 Å². The number of halogens is 3. The van der Waals surface area contributed by atoms with Gasteiger partial charge in [0.1, 0.15) is 17.2 Å². The standard InChI is InChI=1S/C40H15F3N6O/c1-20-5-9-24-26(13-20)30(17-44)35(37(24)31(18-45)47-2)21-6-11-33-27(14-21)28-15-22(7-12-34(28)50-33)36-38(32(19-46)48-3)25-10-8-23(40(41,42)43)16-29(25)39(36)49-4/h5-16H,1H3. The molecule has 0 bridgehead atoms. The average molecular weight is 653 g/mol. The van der Waals surface area contributed by atoms with Crippen LogP contribution in [-0.4, -0.2) is 0 Å². The highest BCUT2D eigenvalue weighted by Gasteiger charge is 2.36. The van der Waals surface area contributed by atoms with E-state index in [2.05, 4.69) is 20.6 Å². The van der Waals surface area contributed by atoms with Crippen LogP contribution < -0.4 is 0 Å². The van der Waals surface area contributed by atoms with Gasteiger partial charge in [-0.2, -0.15) is 18.4 Å². The second-order valence-corrected chi connectivity index (χ2v) is 11.4. The van der Waals surface area contributed by atoms with Crippen molar-refractivity contribution in [3.63, 3.8) is 0 Å². The average Bonchev–Trinajstić information content (AvgIpc) is 3.75. The van der Waals surface area contributed by atoms with E-state index in [1.54, 1.807) is 42.5 Å². The Bertz CT molecular complexity index is 2790. The molecule has 0 N–H and O–H groups in total. The number of hydrogen-bond donors (Lipinski definition) is 0. The molecule has 0 saturated heterocycles. The minimum atomic E-state index is -4.68. The molecule has 1 aromatic heterocycles. The van der Waals surface area contributed by atoms with Crippen LogP contribution in [0, 0.1) is 60.6 Å². The highest BCUT2D eigenvalue weighted by atomic mass is 19.4. The maximum Gasteiger partial charge on any atom is 0.416 e. The van der Waals surface area contributed by atoms with Crippen LogP contribution in [0.3, 0.4) is 0 Å². The van der Waals surface area contributed by atoms with E-state index in [0.717, 1.165) is 17.7 Å². The van der Waals surface area contributed by atoms with E-state index >= 15 is 0 Å². The Kier molecular flexibility index (Phi) is 6.98. The van der Waals surface area contributed by atoms with Crippen molar-refractivity contribution < 1.29 is 17.6 Å². The van der Waals surface area contributed by atoms with E-state index in [9.17, 15) is 29.0 Å². The largest absolute Gasteiger partial charge is 0.456 e. The molecule has 7 rings (SSSR count). The maximum absolute atomic E-state index is 13.7. The fourth-order valence-corrected chi connectivity index (χ4v) is 6.66. The summed E-state index contributed by atoms with van der Waals surface area (Å²) >= 11 is 0. The second-order valence-electron chi connectivity index (χ2n) is 11.4. The molecule has 0 amide bonds. The maximum atomic E-state index is 13.7. The molecular formula is C40H15F3N6O. The van der Waals surface area contributed by atoms with Gasteiger partial charge in [-0.1, -0.05) is 48.0 Å². The highest BCUT2D eigenvalue weighted by Crippen LogP contribution is 2.52. The number of rotatable bonds is 2. The number of alkyl halides is 3. The molecule has 4 aromatic carbocycles. The van der Waals surface area contributed by atoms with Crippen molar-refractivity contribution in [2.45, 2.75) is 13.1 Å². The van der Waals surface area contributed by atoms with Crippen LogP contribution in [0.5, 0.6) is 0 Å². The molecule has 2 aliphatic rings. The van der Waals surface area contributed by atoms with Crippen LogP contribution in [-0.2, 0) is 6.18 Å². The van der Waals surface area contributed by atoms with Gasteiger partial charge in [0.25, 0.3) is 11.4 Å². The molecule has 10 heteroatoms. The molecular weight excluding hydrogens is 637 g/mol. The van der Waals surface area contributed by atoms with E-state index in [4.69, 9.17) is 24.1 Å². The van der Waals surface area contributed by atoms with Gasteiger partial charge < -0.3 is 4.42 Å². The molecule has 7 nitrogen and oxygen atoms in total. The van der Waals surface area contributed by atoms with E-state index in [-0.39, 0.29) is 39.4 Å². The smallest absolute Gasteiger partial charge is 0.416 e. The zero-order valence-corrected chi connectivity index (χ0v) is 25.7. The zero-order valence-electron chi connectivity index (χ0n) is 25.7. The number of benzene rings is 4. The highest BCUT2D eigenvalue weighted by molar-refractivity contribution is 6.27. The van der Waals surface area contributed by atoms with Crippen molar-refractivity contribution in [1.82, 2.24) is 0 Å². The Balaban J connectivity index is 1.49. The Morgan fingerprint density at radius 2 is 1.24 bits per heavy atom. The summed E-state index contributed by atoms with van der Waals surface area (Å²) in [6.45, 7) is 25.2. The number of furan rings is 1. The Morgan fingerprint density at radius 3 is 1.78 bits per heavy atom. The summed E-state index contributed by atoms with van der Waals surface area (Å²) in [4.78, 5) is 10.4. The molecule has 0 fully saturated rings. The summed E-state index contributed by atoms with van der Waals surface area (Å²) in [6.07, 6.45) is -4.68. The second kappa shape index (κ2) is 11.3. The van der Waals surface area contributed by atoms with Gasteiger partial charge in [-0.15, -0.1) is 0 Å². The number of nitriles is 3. The van der Waals surface area contributed by atoms with Crippen molar-refractivity contribution >= 4 is 55.5 Å². The van der Waals surface area contributed by atoms with Gasteiger partial charge in [-0.25, -0.2) is 25.1 Å². The Labute approximate surface area is 282 Å². The Morgan fingerprint density at radius 1 is 0.680 bits per heavy atom. The molecule has 0 spiro atoms. The molecule has 0 atom stereocenters. The van der Waals surface area contributed by atoms with Crippen LogP contribution in [0.1, 0.15) is 44.5 Å². The third kappa shape index (κ3) is 4.47. The molecule has 2 aliphatic carbocycles. The lowest BCUT2D eigenvalue weighted by molar-refractivity contribution is -0.137. The summed E-state index contributed by atoms with van der Waals surface area (Å²) in [5, 5.41) is 31.2. The summed E-state index contributed by atoms with van der Waals surface area (Å²) < 4.78 is 47.2. The molecule has 0 saturated carbocycles. The lowest BCUT2D eigenvalue weighted by Gasteiger charge is -2.11. The predicted molar refractivity (Wildman–Crippen MR) is 180 cm³/mol. The molecule has 0 aliphatic heterocycles. The normalized spacial score (nSPS) is 15.4. The first-order chi connectivity index (χ1) is 24.1. The van der Waals surface area contributed by atoms with Crippen LogP contribution in [0.25, 0.3) is 70.0 Å². The van der Waals surface area contributed by atoms with Gasteiger partial charge in [-0.05, 0) is 87.4 Å². The van der Waals surface area contributed by atoms with Gasteiger partial charge in [0.05, 0.1) is 43.0 Å². The van der Waals surface area contributed by atoms with Crippen molar-refractivity contribution in [2.24, 2.45) is 0 Å². The number of nitrogens with zero attached hydrogens (tertiary/aromatic N) is 6. The van der Waals surface area contributed by atoms with Crippen molar-refractivity contribution in [1.29, 1.82) is 15.8 Å². The molecule has 0 radical (unpaired) electrons. The van der Waals surface area contributed by atoms with Crippen LogP contribution in [0.15, 0.2) is 88.6 Å². The fourth-order valence-electron chi connectivity index (χ4n) is 6.66. The fraction of sp³-hybridized carbons (Fsp3) is 0.0500. The third-order valence-electron chi connectivity index (χ3n) is 8.75. The van der Waals surface area contributed by atoms with Gasteiger partial charge in [0, 0.05) is 16.3 Å². The summed E-state index contributed by atoms with van der Waals surface area (Å²) in [6, 6.07) is 24.6. The summed E-state index contributed by atoms with van der Waals surface area (Å²) in [5.41, 5.74) is 3.65. The lowest BCUT2D eigenvalue weighted by atomic mass is 9.92. The monoisotopic (exact) mass is 652 g/mol. The van der Waals surface area contributed by atoms with E-state index in [1.807, 2.05) is 31.2 Å². The predicted octanol–water partition coefficient (Wildman–Crippen LogP) is 10.5. The zero-order chi connectivity index (χ0) is 35.5. The van der Waals surface area contributed by atoms with Gasteiger partial charge in [0.2, 0.25) is 5.70 Å². The Hall–Kier alpha value is -7.63. The van der Waals surface area contributed by atoms with Gasteiger partial charge in [-0.3, -0.25) is 0 Å². The van der Waals surface area contributed by atoms with Gasteiger partial charge in [0.15, 0.2) is 0 Å². The summed E-state index contributed by atoms with van der Waals surface area (Å²) in [5.74, 6) is 0. The number of allylic oxidation sites excluding steroid dienone is 7. The van der Waals surface area contributed by atoms with Gasteiger partial charge >= 0.3 is 6.18 Å². The topological polar surface area (TPSA) is 97.6 Å². The SMILES string of the molecule is [C-]#[N+]C(C#N)=C1C(c2ccc3oc4ccc(C5=C([N+]#[C-])c6cc(C(F)(F)F)ccc6C5=C(C#N)[N+]#[C-])cc4c3c2)=C(C#N)c2cc(C)ccc21. The lowest BCUT2D eigenvalue weighted by Crippen LogP contribution is -2.05. The van der Waals surface area contributed by atoms with Crippen LogP contribution in [0.4, 0.5) is 13.2 Å². The molecule has 50 heavy (non-hydrogen) atoms. The molecule has 0 unspecified atom stereocenters.